The fraction of sp³-hybridized carbons (Fsp3) is 0.273. The first-order valence-electron chi connectivity index (χ1n) is 5.38. The fourth-order valence-corrected chi connectivity index (χ4v) is 1.96. The van der Waals surface area contributed by atoms with Gasteiger partial charge >= 0.3 is 0 Å². The van der Waals surface area contributed by atoms with Crippen LogP contribution in [-0.4, -0.2) is 19.4 Å². The Hall–Kier alpha value is -2.08. The molecule has 88 valence electrons. The predicted octanol–water partition coefficient (Wildman–Crippen LogP) is 1.39. The third kappa shape index (κ3) is 1.45. The number of aryl methyl sites for hydroxylation is 2. The Kier molecular flexibility index (Phi) is 2.05. The first-order chi connectivity index (χ1) is 8.19. The molecule has 17 heavy (non-hydrogen) atoms. The number of nitrogens with two attached hydrogens (primary N) is 1. The van der Waals surface area contributed by atoms with Crippen molar-refractivity contribution in [3.05, 3.63) is 29.7 Å². The van der Waals surface area contributed by atoms with Crippen LogP contribution in [0.5, 0.6) is 0 Å². The predicted molar refractivity (Wildman–Crippen MR) is 62.4 cm³/mol. The van der Waals surface area contributed by atoms with Crippen molar-refractivity contribution in [1.82, 2.24) is 19.4 Å². The molecule has 0 aliphatic carbocycles. The lowest BCUT2D eigenvalue weighted by Crippen LogP contribution is -1.98. The summed E-state index contributed by atoms with van der Waals surface area (Å²) in [6, 6.07) is 0. The summed E-state index contributed by atoms with van der Waals surface area (Å²) in [7, 11) is 0. The molecule has 0 spiro atoms. The van der Waals surface area contributed by atoms with Crippen LogP contribution in [0.1, 0.15) is 17.3 Å². The number of oxazole rings is 1. The molecule has 0 fully saturated rings. The van der Waals surface area contributed by atoms with E-state index >= 15 is 0 Å². The summed E-state index contributed by atoms with van der Waals surface area (Å²) in [6.07, 6.45) is 3.69. The highest BCUT2D eigenvalue weighted by atomic mass is 16.4. The summed E-state index contributed by atoms with van der Waals surface area (Å²) in [5, 5.41) is 0. The highest BCUT2D eigenvalue weighted by Crippen LogP contribution is 2.24. The molecule has 3 N–H and O–H groups in total. The molecule has 3 aromatic heterocycles. The molecule has 0 aliphatic rings. The van der Waals surface area contributed by atoms with E-state index < -0.39 is 0 Å². The van der Waals surface area contributed by atoms with E-state index in [-0.39, 0.29) is 0 Å². The van der Waals surface area contributed by atoms with Crippen molar-refractivity contribution in [2.75, 3.05) is 0 Å². The molecule has 0 saturated heterocycles. The van der Waals surface area contributed by atoms with E-state index in [1.807, 2.05) is 24.4 Å². The Morgan fingerprint density at radius 1 is 1.47 bits per heavy atom. The number of hydrogen-bond donors (Lipinski definition) is 2. The third-order valence-electron chi connectivity index (χ3n) is 2.74. The Labute approximate surface area is 97.5 Å². The molecular weight excluding hydrogens is 218 g/mol. The maximum absolute atomic E-state index is 5.63. The van der Waals surface area contributed by atoms with Gasteiger partial charge in [0.2, 0.25) is 5.78 Å². The fourth-order valence-electron chi connectivity index (χ4n) is 1.96. The Morgan fingerprint density at radius 3 is 2.94 bits per heavy atom. The van der Waals surface area contributed by atoms with E-state index in [0.29, 0.717) is 12.4 Å². The average Bonchev–Trinajstić information content (AvgIpc) is 2.91. The van der Waals surface area contributed by atoms with Crippen molar-refractivity contribution in [1.29, 1.82) is 0 Å². The lowest BCUT2D eigenvalue weighted by Gasteiger charge is -1.92. The second kappa shape index (κ2) is 3.46. The molecule has 0 amide bonds. The van der Waals surface area contributed by atoms with Crippen molar-refractivity contribution in [2.45, 2.75) is 20.4 Å². The van der Waals surface area contributed by atoms with Crippen LogP contribution < -0.4 is 5.73 Å². The van der Waals surface area contributed by atoms with Crippen molar-refractivity contribution < 1.29 is 4.42 Å². The van der Waals surface area contributed by atoms with Gasteiger partial charge in [0.25, 0.3) is 0 Å². The molecule has 0 atom stereocenters. The van der Waals surface area contributed by atoms with Gasteiger partial charge in [0.1, 0.15) is 5.69 Å². The van der Waals surface area contributed by atoms with Gasteiger partial charge in [-0.1, -0.05) is 0 Å². The van der Waals surface area contributed by atoms with Gasteiger partial charge < -0.3 is 15.1 Å². The van der Waals surface area contributed by atoms with Crippen LogP contribution in [0.3, 0.4) is 0 Å². The van der Waals surface area contributed by atoms with Crippen LogP contribution in [0.25, 0.3) is 17.2 Å². The molecule has 0 aliphatic heterocycles. The van der Waals surface area contributed by atoms with E-state index in [2.05, 4.69) is 15.0 Å². The van der Waals surface area contributed by atoms with Crippen LogP contribution in [-0.2, 0) is 6.54 Å². The number of aromatic amines is 1. The van der Waals surface area contributed by atoms with Crippen molar-refractivity contribution in [2.24, 2.45) is 5.73 Å². The summed E-state index contributed by atoms with van der Waals surface area (Å²) < 4.78 is 7.48. The number of nitrogens with one attached hydrogen (secondary N) is 1. The van der Waals surface area contributed by atoms with E-state index in [4.69, 9.17) is 10.2 Å². The molecule has 0 radical (unpaired) electrons. The summed E-state index contributed by atoms with van der Waals surface area (Å²) in [6.45, 7) is 4.20. The molecular formula is C11H13N5O. The SMILES string of the molecule is Cc1nc(C)c(-c2cn3c(CN)cnc3[nH]2)o1. The number of fused-ring (bicyclic) bond motifs is 1. The van der Waals surface area contributed by atoms with Gasteiger partial charge in [-0.2, -0.15) is 0 Å². The highest BCUT2D eigenvalue weighted by molar-refractivity contribution is 5.58. The van der Waals surface area contributed by atoms with Gasteiger partial charge in [0, 0.05) is 19.7 Å². The zero-order valence-corrected chi connectivity index (χ0v) is 9.69. The maximum atomic E-state index is 5.63. The van der Waals surface area contributed by atoms with Crippen molar-refractivity contribution in [3.63, 3.8) is 0 Å². The second-order valence-corrected chi connectivity index (χ2v) is 3.96. The van der Waals surface area contributed by atoms with Crippen LogP contribution in [0.2, 0.25) is 0 Å². The number of nitrogens with zero attached hydrogens (tertiary/aromatic N) is 3. The Bertz CT molecular complexity index is 675. The first-order valence-corrected chi connectivity index (χ1v) is 5.38. The minimum Gasteiger partial charge on any atom is -0.439 e. The van der Waals surface area contributed by atoms with Gasteiger partial charge in [-0.25, -0.2) is 9.97 Å². The zero-order valence-electron chi connectivity index (χ0n) is 9.69. The number of hydrogen-bond acceptors (Lipinski definition) is 4. The van der Waals surface area contributed by atoms with Crippen LogP contribution >= 0.6 is 0 Å². The molecule has 3 aromatic rings. The minimum absolute atomic E-state index is 0.451. The summed E-state index contributed by atoms with van der Waals surface area (Å²) >= 11 is 0. The quantitative estimate of drug-likeness (QED) is 0.698. The van der Waals surface area contributed by atoms with Crippen molar-refractivity contribution >= 4 is 5.78 Å². The van der Waals surface area contributed by atoms with E-state index in [9.17, 15) is 0 Å². The lowest BCUT2D eigenvalue weighted by atomic mass is 10.3. The van der Waals surface area contributed by atoms with Gasteiger partial charge in [-0.05, 0) is 6.92 Å². The minimum atomic E-state index is 0.451. The number of rotatable bonds is 2. The third-order valence-corrected chi connectivity index (χ3v) is 2.74. The number of H-pyrrole nitrogens is 1. The van der Waals surface area contributed by atoms with Crippen LogP contribution in [0, 0.1) is 13.8 Å². The number of aromatic nitrogens is 4. The van der Waals surface area contributed by atoms with E-state index in [1.165, 1.54) is 0 Å². The topological polar surface area (TPSA) is 85.1 Å². The van der Waals surface area contributed by atoms with Gasteiger partial charge in [0.15, 0.2) is 11.7 Å². The van der Waals surface area contributed by atoms with Gasteiger partial charge in [-0.15, -0.1) is 0 Å². The summed E-state index contributed by atoms with van der Waals surface area (Å²) in [4.78, 5) is 11.7. The summed E-state index contributed by atoms with van der Waals surface area (Å²) in [5.41, 5.74) is 8.31. The zero-order chi connectivity index (χ0) is 12.0. The Morgan fingerprint density at radius 2 is 2.29 bits per heavy atom. The normalized spacial score (nSPS) is 11.5. The molecule has 0 bridgehead atoms. The smallest absolute Gasteiger partial charge is 0.212 e. The molecule has 0 aromatic carbocycles. The molecule has 0 saturated carbocycles. The van der Waals surface area contributed by atoms with Gasteiger partial charge in [-0.3, -0.25) is 4.40 Å². The number of imidazole rings is 2. The van der Waals surface area contributed by atoms with E-state index in [1.54, 1.807) is 6.20 Å². The largest absolute Gasteiger partial charge is 0.439 e. The van der Waals surface area contributed by atoms with Crippen LogP contribution in [0.15, 0.2) is 16.8 Å². The second-order valence-electron chi connectivity index (χ2n) is 3.96. The lowest BCUT2D eigenvalue weighted by molar-refractivity contribution is 0.532. The molecule has 3 heterocycles. The van der Waals surface area contributed by atoms with Crippen LogP contribution in [0.4, 0.5) is 0 Å². The molecule has 0 unspecified atom stereocenters. The van der Waals surface area contributed by atoms with Gasteiger partial charge in [0.05, 0.1) is 17.6 Å². The average molecular weight is 231 g/mol. The molecule has 3 rings (SSSR count). The van der Waals surface area contributed by atoms with E-state index in [0.717, 1.165) is 28.6 Å². The monoisotopic (exact) mass is 231 g/mol. The van der Waals surface area contributed by atoms with Crippen molar-refractivity contribution in [3.8, 4) is 11.5 Å². The first kappa shape index (κ1) is 10.1. The standard InChI is InChI=1S/C11H13N5O/c1-6-10(17-7(2)14-6)9-5-16-8(3-12)4-13-11(16)15-9/h4-5H,3,12H2,1-2H3,(H,13,15). The summed E-state index contributed by atoms with van der Waals surface area (Å²) in [5.74, 6) is 2.16. The molecule has 6 heteroatoms. The highest BCUT2D eigenvalue weighted by Gasteiger charge is 2.14. The maximum Gasteiger partial charge on any atom is 0.212 e. The Balaban J connectivity index is 2.18. The molecule has 6 nitrogen and oxygen atoms in total.